The first-order valence-corrected chi connectivity index (χ1v) is 5.04. The first-order valence-electron chi connectivity index (χ1n) is 4.66. The van der Waals surface area contributed by atoms with Crippen molar-refractivity contribution in [3.8, 4) is 6.07 Å². The fourth-order valence-corrected chi connectivity index (χ4v) is 1.45. The molecule has 0 aliphatic heterocycles. The van der Waals surface area contributed by atoms with Crippen LogP contribution in [0, 0.1) is 11.3 Å². The summed E-state index contributed by atoms with van der Waals surface area (Å²) in [7, 11) is 0. The van der Waals surface area contributed by atoms with Gasteiger partial charge in [0.2, 0.25) is 0 Å². The minimum atomic E-state index is -0.797. The van der Waals surface area contributed by atoms with Gasteiger partial charge in [0.25, 0.3) is 0 Å². The van der Waals surface area contributed by atoms with Crippen LogP contribution in [0.3, 0.4) is 0 Å². The zero-order valence-electron chi connectivity index (χ0n) is 8.99. The van der Waals surface area contributed by atoms with Gasteiger partial charge in [-0.15, -0.1) is 0 Å². The first kappa shape index (κ1) is 13.0. The summed E-state index contributed by atoms with van der Waals surface area (Å²) in [5, 5.41) is 10.7. The molecule has 0 saturated heterocycles. The molecule has 88 valence electrons. The van der Waals surface area contributed by atoms with Crippen LogP contribution < -0.4 is 5.32 Å². The number of nitriles is 1. The lowest BCUT2D eigenvalue weighted by atomic mass is 10.1. The lowest BCUT2D eigenvalue weighted by Gasteiger charge is -2.08. The summed E-state index contributed by atoms with van der Waals surface area (Å²) in [6.45, 7) is 1.02. The van der Waals surface area contributed by atoms with Gasteiger partial charge >= 0.3 is 6.09 Å². The molecule has 0 saturated carbocycles. The summed E-state index contributed by atoms with van der Waals surface area (Å²) < 4.78 is 4.50. The van der Waals surface area contributed by atoms with Crippen LogP contribution in [-0.4, -0.2) is 18.5 Å². The maximum absolute atomic E-state index is 11.2. The average Bonchev–Trinajstić information content (AvgIpc) is 2.28. The second-order valence-electron chi connectivity index (χ2n) is 3.08. The predicted molar refractivity (Wildman–Crippen MR) is 62.0 cm³/mol. The van der Waals surface area contributed by atoms with Gasteiger partial charge in [0.1, 0.15) is 6.07 Å². The topological polar surface area (TPSA) is 79.2 Å². The fraction of sp³-hybridized carbons (Fsp3) is 0.182. The van der Waals surface area contributed by atoms with Crippen molar-refractivity contribution in [1.29, 1.82) is 5.26 Å². The van der Waals surface area contributed by atoms with E-state index in [-0.39, 0.29) is 23.1 Å². The lowest BCUT2D eigenvalue weighted by Crippen LogP contribution is -2.14. The van der Waals surface area contributed by atoms with E-state index in [4.69, 9.17) is 16.9 Å². The number of amides is 1. The summed E-state index contributed by atoms with van der Waals surface area (Å²) in [4.78, 5) is 22.4. The summed E-state index contributed by atoms with van der Waals surface area (Å²) in [6.07, 6.45) is -0.797. The molecule has 5 nitrogen and oxygen atoms in total. The van der Waals surface area contributed by atoms with E-state index in [0.29, 0.717) is 5.56 Å². The SMILES string of the molecule is CC(=O)c1cccc(NC(=O)OCC#N)c1Cl. The van der Waals surface area contributed by atoms with E-state index in [1.165, 1.54) is 13.0 Å². The summed E-state index contributed by atoms with van der Waals surface area (Å²) in [5.41, 5.74) is 0.576. The van der Waals surface area contributed by atoms with Crippen LogP contribution >= 0.6 is 11.6 Å². The Kier molecular flexibility index (Phi) is 4.49. The number of hydrogen-bond acceptors (Lipinski definition) is 4. The highest BCUT2D eigenvalue weighted by molar-refractivity contribution is 6.36. The highest BCUT2D eigenvalue weighted by Crippen LogP contribution is 2.26. The van der Waals surface area contributed by atoms with Crippen LogP contribution in [0.5, 0.6) is 0 Å². The number of rotatable bonds is 3. The molecule has 0 aliphatic rings. The Morgan fingerprint density at radius 3 is 2.82 bits per heavy atom. The second-order valence-corrected chi connectivity index (χ2v) is 3.46. The molecule has 0 fully saturated rings. The van der Waals surface area contributed by atoms with Gasteiger partial charge in [-0.1, -0.05) is 17.7 Å². The maximum atomic E-state index is 11.2. The van der Waals surface area contributed by atoms with Crippen LogP contribution in [0.25, 0.3) is 0 Å². The molecule has 17 heavy (non-hydrogen) atoms. The van der Waals surface area contributed by atoms with Gasteiger partial charge in [0.05, 0.1) is 10.7 Å². The normalized spacial score (nSPS) is 9.24. The van der Waals surface area contributed by atoms with Gasteiger partial charge in [-0.3, -0.25) is 10.1 Å². The molecule has 1 rings (SSSR count). The van der Waals surface area contributed by atoms with Crippen LogP contribution in [0.2, 0.25) is 5.02 Å². The van der Waals surface area contributed by atoms with E-state index < -0.39 is 6.09 Å². The van der Waals surface area contributed by atoms with Gasteiger partial charge in [-0.25, -0.2) is 4.79 Å². The van der Waals surface area contributed by atoms with Crippen LogP contribution in [0.1, 0.15) is 17.3 Å². The Labute approximate surface area is 103 Å². The van der Waals surface area contributed by atoms with Crippen LogP contribution in [0.4, 0.5) is 10.5 Å². The molecule has 1 amide bonds. The van der Waals surface area contributed by atoms with Gasteiger partial charge in [-0.2, -0.15) is 5.26 Å². The number of nitrogens with one attached hydrogen (secondary N) is 1. The Morgan fingerprint density at radius 1 is 1.53 bits per heavy atom. The largest absolute Gasteiger partial charge is 0.434 e. The van der Waals surface area contributed by atoms with Crippen molar-refractivity contribution in [3.63, 3.8) is 0 Å². The molecule has 6 heteroatoms. The molecular formula is C11H9ClN2O3. The number of benzene rings is 1. The minimum absolute atomic E-state index is 0.147. The number of halogens is 1. The molecule has 0 heterocycles. The quantitative estimate of drug-likeness (QED) is 0.839. The third-order valence-corrected chi connectivity index (χ3v) is 2.29. The summed E-state index contributed by atoms with van der Waals surface area (Å²) >= 11 is 5.93. The molecule has 0 unspecified atom stereocenters. The molecule has 0 atom stereocenters. The maximum Gasteiger partial charge on any atom is 0.412 e. The second kappa shape index (κ2) is 5.87. The van der Waals surface area contributed by atoms with Crippen molar-refractivity contribution >= 4 is 29.2 Å². The highest BCUT2D eigenvalue weighted by Gasteiger charge is 2.12. The van der Waals surface area contributed by atoms with E-state index in [1.54, 1.807) is 18.2 Å². The van der Waals surface area contributed by atoms with E-state index in [9.17, 15) is 9.59 Å². The fourth-order valence-electron chi connectivity index (χ4n) is 1.14. The van der Waals surface area contributed by atoms with Gasteiger partial charge in [-0.05, 0) is 19.1 Å². The van der Waals surface area contributed by atoms with E-state index >= 15 is 0 Å². The molecule has 1 N–H and O–H groups in total. The number of carbonyl (C=O) groups excluding carboxylic acids is 2. The van der Waals surface area contributed by atoms with Crippen molar-refractivity contribution in [2.45, 2.75) is 6.92 Å². The minimum Gasteiger partial charge on any atom is -0.434 e. The molecule has 1 aromatic rings. The third-order valence-electron chi connectivity index (χ3n) is 1.88. The third kappa shape index (κ3) is 3.47. The van der Waals surface area contributed by atoms with Crippen LogP contribution in [0.15, 0.2) is 18.2 Å². The van der Waals surface area contributed by atoms with Gasteiger partial charge in [0.15, 0.2) is 12.4 Å². The number of ether oxygens (including phenoxy) is 1. The Bertz CT molecular complexity index is 494. The molecule has 0 aromatic heterocycles. The van der Waals surface area contributed by atoms with Crippen molar-refractivity contribution in [3.05, 3.63) is 28.8 Å². The number of nitrogens with zero attached hydrogens (tertiary/aromatic N) is 1. The predicted octanol–water partition coefficient (Wildman–Crippen LogP) is 2.61. The molecular weight excluding hydrogens is 244 g/mol. The van der Waals surface area contributed by atoms with Gasteiger partial charge < -0.3 is 4.74 Å². The van der Waals surface area contributed by atoms with Gasteiger partial charge in [0, 0.05) is 5.56 Å². The van der Waals surface area contributed by atoms with Crippen molar-refractivity contribution < 1.29 is 14.3 Å². The molecule has 0 spiro atoms. The summed E-state index contributed by atoms with van der Waals surface area (Å²) in [5.74, 6) is -0.205. The highest BCUT2D eigenvalue weighted by atomic mass is 35.5. The Morgan fingerprint density at radius 2 is 2.24 bits per heavy atom. The smallest absolute Gasteiger partial charge is 0.412 e. The first-order chi connectivity index (χ1) is 8.06. The molecule has 0 bridgehead atoms. The zero-order chi connectivity index (χ0) is 12.8. The average molecular weight is 253 g/mol. The van der Waals surface area contributed by atoms with Crippen molar-refractivity contribution in [2.24, 2.45) is 0 Å². The van der Waals surface area contributed by atoms with E-state index in [0.717, 1.165) is 0 Å². The molecule has 0 aliphatic carbocycles. The lowest BCUT2D eigenvalue weighted by molar-refractivity contribution is 0.101. The van der Waals surface area contributed by atoms with E-state index in [2.05, 4.69) is 10.1 Å². The number of hydrogen-bond donors (Lipinski definition) is 1. The number of Topliss-reactive ketones (excluding diaryl/α,β-unsaturated/α-hetero) is 1. The number of ketones is 1. The van der Waals surface area contributed by atoms with Crippen molar-refractivity contribution in [2.75, 3.05) is 11.9 Å². The van der Waals surface area contributed by atoms with Crippen molar-refractivity contribution in [1.82, 2.24) is 0 Å². The Balaban J connectivity index is 2.86. The standard InChI is InChI=1S/C11H9ClN2O3/c1-7(15)8-3-2-4-9(10(8)12)14-11(16)17-6-5-13/h2-4H,6H2,1H3,(H,14,16). The Hall–Kier alpha value is -2.06. The molecule has 0 radical (unpaired) electrons. The van der Waals surface area contributed by atoms with Crippen LogP contribution in [-0.2, 0) is 4.74 Å². The zero-order valence-corrected chi connectivity index (χ0v) is 9.75. The monoisotopic (exact) mass is 252 g/mol. The molecule has 1 aromatic carbocycles. The number of carbonyl (C=O) groups is 2. The number of anilines is 1. The van der Waals surface area contributed by atoms with E-state index in [1.807, 2.05) is 0 Å². The summed E-state index contributed by atoms with van der Waals surface area (Å²) in [6, 6.07) is 6.33.